The third-order valence-corrected chi connectivity index (χ3v) is 4.93. The van der Waals surface area contributed by atoms with Crippen molar-refractivity contribution in [3.63, 3.8) is 0 Å². The van der Waals surface area contributed by atoms with Crippen LogP contribution >= 0.6 is 0 Å². The van der Waals surface area contributed by atoms with Crippen LogP contribution in [0.5, 0.6) is 0 Å². The molecule has 5 heteroatoms. The van der Waals surface area contributed by atoms with Crippen LogP contribution in [0.3, 0.4) is 0 Å². The highest BCUT2D eigenvalue weighted by atomic mass is 15.3. The Balaban J connectivity index is 2.35. The minimum Gasteiger partial charge on any atom is -0.356 e. The lowest BCUT2D eigenvalue weighted by Crippen LogP contribution is -2.55. The van der Waals surface area contributed by atoms with E-state index in [1.54, 1.807) is 0 Å². The van der Waals surface area contributed by atoms with E-state index in [2.05, 4.69) is 53.4 Å². The van der Waals surface area contributed by atoms with Crippen molar-refractivity contribution in [1.82, 2.24) is 20.4 Å². The number of aliphatic imine (C=N–C) groups is 1. The maximum Gasteiger partial charge on any atom is 0.191 e. The van der Waals surface area contributed by atoms with Crippen molar-refractivity contribution in [3.05, 3.63) is 0 Å². The van der Waals surface area contributed by atoms with Gasteiger partial charge in [-0.2, -0.15) is 0 Å². The van der Waals surface area contributed by atoms with Crippen LogP contribution in [-0.4, -0.2) is 75.7 Å². The molecule has 1 fully saturated rings. The van der Waals surface area contributed by atoms with Gasteiger partial charge in [-0.05, 0) is 32.9 Å². The Kier molecular flexibility index (Phi) is 10.3. The number of nitrogens with zero attached hydrogens (tertiary/aromatic N) is 3. The van der Waals surface area contributed by atoms with Crippen LogP contribution in [0, 0.1) is 5.92 Å². The third-order valence-electron chi connectivity index (χ3n) is 4.93. The van der Waals surface area contributed by atoms with E-state index in [0.29, 0.717) is 6.04 Å². The lowest BCUT2D eigenvalue weighted by molar-refractivity contribution is 0.116. The van der Waals surface area contributed by atoms with Gasteiger partial charge in [-0.25, -0.2) is 0 Å². The van der Waals surface area contributed by atoms with Crippen molar-refractivity contribution in [2.24, 2.45) is 10.9 Å². The first-order chi connectivity index (χ1) is 11.1. The first-order valence-corrected chi connectivity index (χ1v) is 9.43. The smallest absolute Gasteiger partial charge is 0.191 e. The summed E-state index contributed by atoms with van der Waals surface area (Å²) in [7, 11) is 6.29. The first kappa shape index (κ1) is 20.2. The number of likely N-dealkylation sites (N-methyl/N-ethyl adjacent to an activating group) is 2. The summed E-state index contributed by atoms with van der Waals surface area (Å²) in [6.45, 7) is 9.97. The molecule has 136 valence electrons. The maximum atomic E-state index is 4.39. The molecule has 1 saturated heterocycles. The van der Waals surface area contributed by atoms with Crippen molar-refractivity contribution < 1.29 is 0 Å². The van der Waals surface area contributed by atoms with Crippen molar-refractivity contribution in [2.75, 3.05) is 53.9 Å². The number of piperazine rings is 1. The largest absolute Gasteiger partial charge is 0.356 e. The second-order valence-electron chi connectivity index (χ2n) is 7.03. The molecular formula is C18H39N5. The van der Waals surface area contributed by atoms with E-state index >= 15 is 0 Å². The predicted molar refractivity (Wildman–Crippen MR) is 101 cm³/mol. The molecule has 2 N–H and O–H groups in total. The first-order valence-electron chi connectivity index (χ1n) is 9.43. The van der Waals surface area contributed by atoms with Gasteiger partial charge in [0.05, 0.1) is 0 Å². The van der Waals surface area contributed by atoms with Crippen LogP contribution in [0.1, 0.15) is 46.0 Å². The molecule has 1 aliphatic heterocycles. The number of rotatable bonds is 9. The summed E-state index contributed by atoms with van der Waals surface area (Å²) in [5, 5.41) is 7.05. The van der Waals surface area contributed by atoms with E-state index in [-0.39, 0.29) is 0 Å². The fraction of sp³-hybridized carbons (Fsp3) is 0.944. The van der Waals surface area contributed by atoms with Crippen LogP contribution in [0.2, 0.25) is 0 Å². The van der Waals surface area contributed by atoms with Crippen LogP contribution in [-0.2, 0) is 0 Å². The molecule has 0 aliphatic carbocycles. The number of nitrogens with one attached hydrogen (secondary N) is 2. The topological polar surface area (TPSA) is 42.9 Å². The maximum absolute atomic E-state index is 4.39. The summed E-state index contributed by atoms with van der Waals surface area (Å²) in [6, 6.07) is 0.554. The molecule has 23 heavy (non-hydrogen) atoms. The molecule has 1 rings (SSSR count). The fourth-order valence-corrected chi connectivity index (χ4v) is 3.25. The number of hydrogen-bond donors (Lipinski definition) is 2. The Morgan fingerprint density at radius 1 is 1.13 bits per heavy atom. The molecule has 2 unspecified atom stereocenters. The summed E-state index contributed by atoms with van der Waals surface area (Å²) in [5.41, 5.74) is 0. The van der Waals surface area contributed by atoms with E-state index in [1.165, 1.54) is 32.1 Å². The molecule has 0 spiro atoms. The van der Waals surface area contributed by atoms with Gasteiger partial charge < -0.3 is 15.5 Å². The molecule has 2 atom stereocenters. The number of guanidine groups is 1. The van der Waals surface area contributed by atoms with Gasteiger partial charge in [0.1, 0.15) is 0 Å². The Labute approximate surface area is 143 Å². The van der Waals surface area contributed by atoms with Crippen molar-refractivity contribution in [2.45, 2.75) is 52.0 Å². The van der Waals surface area contributed by atoms with Gasteiger partial charge in [-0.3, -0.25) is 9.89 Å². The molecule has 0 aromatic rings. The van der Waals surface area contributed by atoms with Gasteiger partial charge in [-0.15, -0.1) is 0 Å². The Hall–Kier alpha value is -0.810. The van der Waals surface area contributed by atoms with E-state index in [1.807, 2.05) is 7.05 Å². The minimum absolute atomic E-state index is 0.554. The monoisotopic (exact) mass is 325 g/mol. The van der Waals surface area contributed by atoms with Crippen LogP contribution in [0.25, 0.3) is 0 Å². The highest BCUT2D eigenvalue weighted by Crippen LogP contribution is 2.13. The zero-order chi connectivity index (χ0) is 17.1. The van der Waals surface area contributed by atoms with Crippen LogP contribution in [0.4, 0.5) is 0 Å². The van der Waals surface area contributed by atoms with E-state index < -0.39 is 0 Å². The minimum atomic E-state index is 0.554. The van der Waals surface area contributed by atoms with Crippen LogP contribution < -0.4 is 10.6 Å². The molecule has 0 saturated carbocycles. The van der Waals surface area contributed by atoms with Gasteiger partial charge in [-0.1, -0.05) is 33.1 Å². The highest BCUT2D eigenvalue weighted by Gasteiger charge is 2.22. The molecule has 0 amide bonds. The molecule has 0 bridgehead atoms. The molecule has 0 aromatic heterocycles. The summed E-state index contributed by atoms with van der Waals surface area (Å²) in [4.78, 5) is 9.24. The lowest BCUT2D eigenvalue weighted by atomic mass is 9.97. The Morgan fingerprint density at radius 3 is 2.57 bits per heavy atom. The summed E-state index contributed by atoms with van der Waals surface area (Å²) in [5.74, 6) is 1.71. The average molecular weight is 326 g/mol. The molecule has 1 aliphatic rings. The second-order valence-corrected chi connectivity index (χ2v) is 7.03. The van der Waals surface area contributed by atoms with Crippen molar-refractivity contribution >= 4 is 5.96 Å². The molecule has 1 heterocycles. The SMILES string of the molecule is CCCCC(CCC)CNC(=NC)NCC1CN(C)CCN1C. The molecule has 0 radical (unpaired) electrons. The summed E-state index contributed by atoms with van der Waals surface area (Å²) >= 11 is 0. The Bertz CT molecular complexity index is 331. The fourth-order valence-electron chi connectivity index (χ4n) is 3.25. The van der Waals surface area contributed by atoms with Gasteiger partial charge >= 0.3 is 0 Å². The van der Waals surface area contributed by atoms with Gasteiger partial charge in [0.2, 0.25) is 0 Å². The quantitative estimate of drug-likeness (QED) is 0.503. The molecule has 5 nitrogen and oxygen atoms in total. The van der Waals surface area contributed by atoms with Gasteiger partial charge in [0.25, 0.3) is 0 Å². The predicted octanol–water partition coefficient (Wildman–Crippen LogP) is 2.00. The van der Waals surface area contributed by atoms with Crippen LogP contribution in [0.15, 0.2) is 4.99 Å². The normalized spacial score (nSPS) is 22.1. The van der Waals surface area contributed by atoms with E-state index in [9.17, 15) is 0 Å². The third kappa shape index (κ3) is 8.02. The summed E-state index contributed by atoms with van der Waals surface area (Å²) < 4.78 is 0. The highest BCUT2D eigenvalue weighted by molar-refractivity contribution is 5.79. The zero-order valence-electron chi connectivity index (χ0n) is 16.1. The van der Waals surface area contributed by atoms with Crippen molar-refractivity contribution in [1.29, 1.82) is 0 Å². The zero-order valence-corrected chi connectivity index (χ0v) is 16.1. The summed E-state index contributed by atoms with van der Waals surface area (Å²) in [6.07, 6.45) is 6.51. The lowest BCUT2D eigenvalue weighted by Gasteiger charge is -2.38. The van der Waals surface area contributed by atoms with Gasteiger partial charge in [0.15, 0.2) is 5.96 Å². The van der Waals surface area contributed by atoms with Crippen molar-refractivity contribution in [3.8, 4) is 0 Å². The standard InChI is InChI=1S/C18H39N5/c1-6-8-10-16(9-7-2)13-20-18(19-3)21-14-17-15-22(4)11-12-23(17)5/h16-17H,6-15H2,1-5H3,(H2,19,20,21). The van der Waals surface area contributed by atoms with E-state index in [0.717, 1.165) is 44.6 Å². The average Bonchev–Trinajstić information content (AvgIpc) is 2.55. The van der Waals surface area contributed by atoms with Gasteiger partial charge in [0, 0.05) is 45.8 Å². The molecule has 0 aromatic carbocycles. The number of hydrogen-bond acceptors (Lipinski definition) is 3. The molecular weight excluding hydrogens is 286 g/mol. The number of unbranched alkanes of at least 4 members (excludes halogenated alkanes) is 1. The second kappa shape index (κ2) is 11.7. The van der Waals surface area contributed by atoms with E-state index in [4.69, 9.17) is 0 Å². The Morgan fingerprint density at radius 2 is 1.91 bits per heavy atom.